The molecule has 1 unspecified atom stereocenters. The molecule has 0 aliphatic rings. The van der Waals surface area contributed by atoms with Gasteiger partial charge in [0.25, 0.3) is 10.2 Å². The van der Waals surface area contributed by atoms with Crippen LogP contribution >= 0.6 is 0 Å². The van der Waals surface area contributed by atoms with Gasteiger partial charge in [-0.05, 0) is 13.3 Å². The summed E-state index contributed by atoms with van der Waals surface area (Å²) in [6, 6.07) is -0.376. The average Bonchev–Trinajstić information content (AvgIpc) is 1.99. The largest absolute Gasteiger partial charge is 0.481 e. The van der Waals surface area contributed by atoms with Crippen molar-refractivity contribution in [1.29, 1.82) is 0 Å². The number of rotatable bonds is 6. The van der Waals surface area contributed by atoms with Crippen LogP contribution in [0.3, 0.4) is 0 Å². The smallest absolute Gasteiger partial charge is 0.303 e. The minimum Gasteiger partial charge on any atom is -0.481 e. The standard InChI is InChI=1S/C7H16N2O4S/c1-6(4-5-7(10)11)8-14(12,13)9(2)3/h6,8H,4-5H2,1-3H3,(H,10,11). The Bertz CT molecular complexity index is 286. The van der Waals surface area contributed by atoms with Gasteiger partial charge in [0.05, 0.1) is 0 Å². The van der Waals surface area contributed by atoms with Crippen LogP contribution in [0.2, 0.25) is 0 Å². The Balaban J connectivity index is 4.06. The van der Waals surface area contributed by atoms with E-state index in [-0.39, 0.29) is 18.9 Å². The van der Waals surface area contributed by atoms with Crippen LogP contribution in [-0.4, -0.2) is 43.9 Å². The van der Waals surface area contributed by atoms with Gasteiger partial charge in [-0.3, -0.25) is 4.79 Å². The van der Waals surface area contributed by atoms with Crippen LogP contribution in [0.15, 0.2) is 0 Å². The van der Waals surface area contributed by atoms with E-state index in [0.717, 1.165) is 4.31 Å². The van der Waals surface area contributed by atoms with Crippen molar-refractivity contribution in [3.8, 4) is 0 Å². The lowest BCUT2D eigenvalue weighted by molar-refractivity contribution is -0.137. The third-order valence-electron chi connectivity index (χ3n) is 1.62. The second kappa shape index (κ2) is 5.28. The highest BCUT2D eigenvalue weighted by atomic mass is 32.2. The zero-order valence-corrected chi connectivity index (χ0v) is 9.34. The molecule has 0 saturated carbocycles. The van der Waals surface area contributed by atoms with E-state index in [0.29, 0.717) is 0 Å². The van der Waals surface area contributed by atoms with Crippen LogP contribution in [-0.2, 0) is 15.0 Å². The molecule has 0 radical (unpaired) electrons. The zero-order valence-electron chi connectivity index (χ0n) is 8.52. The van der Waals surface area contributed by atoms with E-state index < -0.39 is 16.2 Å². The number of carbonyl (C=O) groups is 1. The molecule has 0 aliphatic carbocycles. The molecule has 0 saturated heterocycles. The summed E-state index contributed by atoms with van der Waals surface area (Å²) in [5.74, 6) is -0.930. The lowest BCUT2D eigenvalue weighted by atomic mass is 10.2. The number of carboxylic acids is 1. The molecular formula is C7H16N2O4S. The molecule has 7 heteroatoms. The van der Waals surface area contributed by atoms with Gasteiger partial charge in [0.1, 0.15) is 0 Å². The molecule has 2 N–H and O–H groups in total. The molecule has 0 aromatic heterocycles. The summed E-state index contributed by atoms with van der Waals surface area (Å²) in [7, 11) is -0.637. The van der Waals surface area contributed by atoms with E-state index in [9.17, 15) is 13.2 Å². The van der Waals surface area contributed by atoms with Gasteiger partial charge in [0, 0.05) is 26.6 Å². The fraction of sp³-hybridized carbons (Fsp3) is 0.857. The maximum Gasteiger partial charge on any atom is 0.303 e. The van der Waals surface area contributed by atoms with Crippen LogP contribution in [0.4, 0.5) is 0 Å². The lowest BCUT2D eigenvalue weighted by Gasteiger charge is -2.16. The maximum absolute atomic E-state index is 11.3. The van der Waals surface area contributed by atoms with Crippen LogP contribution < -0.4 is 4.72 Å². The van der Waals surface area contributed by atoms with Gasteiger partial charge in [0.2, 0.25) is 0 Å². The maximum atomic E-state index is 11.3. The third kappa shape index (κ3) is 5.15. The first-order valence-electron chi connectivity index (χ1n) is 4.17. The van der Waals surface area contributed by atoms with Crippen molar-refractivity contribution < 1.29 is 18.3 Å². The van der Waals surface area contributed by atoms with Crippen molar-refractivity contribution in [3.63, 3.8) is 0 Å². The molecule has 0 aromatic rings. The molecule has 0 spiro atoms. The summed E-state index contributed by atoms with van der Waals surface area (Å²) >= 11 is 0. The molecular weight excluding hydrogens is 208 g/mol. The summed E-state index contributed by atoms with van der Waals surface area (Å²) in [5, 5.41) is 8.38. The number of hydrogen-bond donors (Lipinski definition) is 2. The van der Waals surface area contributed by atoms with E-state index in [1.165, 1.54) is 14.1 Å². The summed E-state index contributed by atoms with van der Waals surface area (Å²) in [6.45, 7) is 1.63. The van der Waals surface area contributed by atoms with Crippen molar-refractivity contribution in [2.24, 2.45) is 0 Å². The molecule has 0 rings (SSSR count). The predicted molar refractivity (Wildman–Crippen MR) is 52.1 cm³/mol. The quantitative estimate of drug-likeness (QED) is 0.645. The summed E-state index contributed by atoms with van der Waals surface area (Å²) in [5.41, 5.74) is 0. The van der Waals surface area contributed by atoms with Gasteiger partial charge in [-0.2, -0.15) is 17.4 Å². The Kier molecular flexibility index (Phi) is 5.03. The molecule has 0 aromatic carbocycles. The number of nitrogens with one attached hydrogen (secondary N) is 1. The summed E-state index contributed by atoms with van der Waals surface area (Å²) in [4.78, 5) is 10.2. The van der Waals surface area contributed by atoms with Gasteiger partial charge in [0.15, 0.2) is 0 Å². The minimum absolute atomic E-state index is 0.0445. The molecule has 84 valence electrons. The van der Waals surface area contributed by atoms with E-state index >= 15 is 0 Å². The topological polar surface area (TPSA) is 86.7 Å². The van der Waals surface area contributed by atoms with E-state index in [2.05, 4.69) is 4.72 Å². The van der Waals surface area contributed by atoms with E-state index in [1.807, 2.05) is 0 Å². The Morgan fingerprint density at radius 3 is 2.36 bits per heavy atom. The van der Waals surface area contributed by atoms with E-state index in [1.54, 1.807) is 6.92 Å². The van der Waals surface area contributed by atoms with Crippen molar-refractivity contribution in [1.82, 2.24) is 9.03 Å². The number of carboxylic acid groups (broad SMARTS) is 1. The molecule has 14 heavy (non-hydrogen) atoms. The van der Waals surface area contributed by atoms with Crippen LogP contribution in [0, 0.1) is 0 Å². The highest BCUT2D eigenvalue weighted by molar-refractivity contribution is 7.87. The van der Waals surface area contributed by atoms with Crippen LogP contribution in [0.1, 0.15) is 19.8 Å². The highest BCUT2D eigenvalue weighted by Crippen LogP contribution is 1.99. The second-order valence-corrected chi connectivity index (χ2v) is 5.15. The number of nitrogens with zero attached hydrogens (tertiary/aromatic N) is 1. The Morgan fingerprint density at radius 2 is 2.00 bits per heavy atom. The molecule has 6 nitrogen and oxygen atoms in total. The second-order valence-electron chi connectivity index (χ2n) is 3.24. The molecule has 0 amide bonds. The van der Waals surface area contributed by atoms with Gasteiger partial charge in [-0.1, -0.05) is 0 Å². The molecule has 0 aliphatic heterocycles. The van der Waals surface area contributed by atoms with Gasteiger partial charge >= 0.3 is 5.97 Å². The Labute approximate surface area is 84.1 Å². The molecule has 0 fully saturated rings. The monoisotopic (exact) mass is 224 g/mol. The van der Waals surface area contributed by atoms with E-state index in [4.69, 9.17) is 5.11 Å². The summed E-state index contributed by atoms with van der Waals surface area (Å²) in [6.07, 6.45) is 0.236. The average molecular weight is 224 g/mol. The molecule has 1 atom stereocenters. The van der Waals surface area contributed by atoms with Crippen LogP contribution in [0.5, 0.6) is 0 Å². The van der Waals surface area contributed by atoms with Crippen molar-refractivity contribution >= 4 is 16.2 Å². The fourth-order valence-electron chi connectivity index (χ4n) is 0.759. The van der Waals surface area contributed by atoms with Gasteiger partial charge < -0.3 is 5.11 Å². The number of hydrogen-bond acceptors (Lipinski definition) is 3. The van der Waals surface area contributed by atoms with Gasteiger partial charge in [-0.15, -0.1) is 0 Å². The first-order chi connectivity index (χ1) is 6.25. The Morgan fingerprint density at radius 1 is 1.50 bits per heavy atom. The zero-order chi connectivity index (χ0) is 11.4. The highest BCUT2D eigenvalue weighted by Gasteiger charge is 2.16. The first-order valence-corrected chi connectivity index (χ1v) is 5.61. The lowest BCUT2D eigenvalue weighted by Crippen LogP contribution is -2.40. The van der Waals surface area contributed by atoms with Crippen molar-refractivity contribution in [2.45, 2.75) is 25.8 Å². The van der Waals surface area contributed by atoms with Crippen molar-refractivity contribution in [2.75, 3.05) is 14.1 Å². The Hall–Kier alpha value is -0.660. The number of aliphatic carboxylic acids is 1. The summed E-state index contributed by atoms with van der Waals surface area (Å²) < 4.78 is 25.9. The normalized spacial score (nSPS) is 14.3. The minimum atomic E-state index is -3.45. The third-order valence-corrected chi connectivity index (χ3v) is 3.28. The van der Waals surface area contributed by atoms with Crippen molar-refractivity contribution in [3.05, 3.63) is 0 Å². The fourth-order valence-corrected chi connectivity index (χ4v) is 1.60. The van der Waals surface area contributed by atoms with Crippen LogP contribution in [0.25, 0.3) is 0 Å². The SMILES string of the molecule is CC(CCC(=O)O)NS(=O)(=O)N(C)C. The van der Waals surface area contributed by atoms with Gasteiger partial charge in [-0.25, -0.2) is 0 Å². The molecule has 0 heterocycles. The first kappa shape index (κ1) is 13.3. The molecule has 0 bridgehead atoms. The predicted octanol–water partition coefficient (Wildman–Crippen LogP) is -0.364.